The predicted molar refractivity (Wildman–Crippen MR) is 112 cm³/mol. The van der Waals surface area contributed by atoms with Crippen molar-refractivity contribution >= 4 is 8.53 Å². The minimum absolute atomic E-state index is 0.130. The Labute approximate surface area is 163 Å². The van der Waals surface area contributed by atoms with Gasteiger partial charge in [0.25, 0.3) is 8.53 Å². The molecule has 4 unspecified atom stereocenters. The smallest absolute Gasteiger partial charge is 0.259 e. The molecular weight excluding hydrogens is 343 g/mol. The van der Waals surface area contributed by atoms with Crippen molar-refractivity contribution in [3.8, 4) is 0 Å². The molecule has 0 radical (unpaired) electrons. The van der Waals surface area contributed by atoms with Gasteiger partial charge in [-0.25, -0.2) is 4.67 Å². The molecule has 0 amide bonds. The van der Waals surface area contributed by atoms with Crippen LogP contribution in [0.5, 0.6) is 0 Å². The summed E-state index contributed by atoms with van der Waals surface area (Å²) in [6.07, 6.45) is 5.88. The minimum Gasteiger partial charge on any atom is -0.321 e. The highest BCUT2D eigenvalue weighted by Gasteiger charge is 2.50. The summed E-state index contributed by atoms with van der Waals surface area (Å²) in [7, 11) is -0.942. The fourth-order valence-corrected chi connectivity index (χ4v) is 6.42. The van der Waals surface area contributed by atoms with Gasteiger partial charge < -0.3 is 14.4 Å². The number of hydrogen-bond donors (Lipinski definition) is 1. The predicted octanol–water partition coefficient (Wildman–Crippen LogP) is 5.72. The maximum Gasteiger partial charge on any atom is 0.259 e. The summed E-state index contributed by atoms with van der Waals surface area (Å²) in [5.41, 5.74) is 0.462. The number of rotatable bonds is 7. The molecule has 5 heteroatoms. The second-order valence-corrected chi connectivity index (χ2v) is 11.3. The van der Waals surface area contributed by atoms with Crippen molar-refractivity contribution < 1.29 is 9.05 Å². The van der Waals surface area contributed by atoms with Gasteiger partial charge in [0, 0.05) is 29.1 Å². The Hall–Kier alpha value is 0.270. The number of hydrogen-bond acceptors (Lipinski definition) is 4. The molecule has 0 aromatic heterocycles. The monoisotopic (exact) mass is 386 g/mol. The molecule has 2 rings (SSSR count). The molecule has 154 valence electrons. The molecule has 0 aromatic rings. The molecule has 0 saturated carbocycles. The van der Waals surface area contributed by atoms with Crippen LogP contribution in [0.25, 0.3) is 0 Å². The molecule has 1 N–H and O–H groups in total. The van der Waals surface area contributed by atoms with Gasteiger partial charge in [-0.1, -0.05) is 48.0 Å². The first-order chi connectivity index (χ1) is 12.1. The Balaban J connectivity index is 2.26. The van der Waals surface area contributed by atoms with Gasteiger partial charge in [-0.3, -0.25) is 0 Å². The summed E-state index contributed by atoms with van der Waals surface area (Å²) in [5.74, 6) is 0.564. The van der Waals surface area contributed by atoms with E-state index in [0.29, 0.717) is 12.0 Å². The average Bonchev–Trinajstić information content (AvgIpc) is 2.60. The number of nitrogens with one attached hydrogen (secondary N) is 1. The van der Waals surface area contributed by atoms with Crippen LogP contribution in [0, 0.1) is 11.3 Å². The van der Waals surface area contributed by atoms with Gasteiger partial charge in [0.1, 0.15) is 0 Å². The van der Waals surface area contributed by atoms with E-state index in [1.54, 1.807) is 0 Å². The molecule has 0 bridgehead atoms. The summed E-state index contributed by atoms with van der Waals surface area (Å²) in [6, 6.07) is 0.505. The van der Waals surface area contributed by atoms with E-state index in [2.05, 4.69) is 65.4 Å². The fourth-order valence-electron chi connectivity index (χ4n) is 4.30. The maximum atomic E-state index is 6.31. The van der Waals surface area contributed by atoms with Crippen LogP contribution in [0.4, 0.5) is 0 Å². The highest BCUT2D eigenvalue weighted by Crippen LogP contribution is 2.53. The van der Waals surface area contributed by atoms with E-state index >= 15 is 0 Å². The first kappa shape index (κ1) is 22.6. The molecule has 2 saturated heterocycles. The largest absolute Gasteiger partial charge is 0.321 e. The number of unbranched alkanes of at least 4 members (excludes halogenated alkanes) is 1. The topological polar surface area (TPSA) is 33.7 Å². The van der Waals surface area contributed by atoms with Crippen LogP contribution in [-0.2, 0) is 9.05 Å². The summed E-state index contributed by atoms with van der Waals surface area (Å²) in [5, 5.41) is 4.01. The summed E-state index contributed by atoms with van der Waals surface area (Å²) >= 11 is 0. The minimum atomic E-state index is -0.942. The number of nitrogens with zero attached hydrogens (tertiary/aromatic N) is 1. The zero-order valence-electron chi connectivity index (χ0n) is 18.5. The van der Waals surface area contributed by atoms with Crippen molar-refractivity contribution in [3.63, 3.8) is 0 Å². The molecule has 4 atom stereocenters. The van der Waals surface area contributed by atoms with E-state index in [9.17, 15) is 0 Å². The lowest BCUT2D eigenvalue weighted by Gasteiger charge is -2.57. The Kier molecular flexibility index (Phi) is 7.58. The normalized spacial score (nSPS) is 38.7. The zero-order chi connectivity index (χ0) is 19.6. The third-order valence-electron chi connectivity index (χ3n) is 6.81. The van der Waals surface area contributed by atoms with E-state index in [1.165, 1.54) is 19.3 Å². The molecule has 0 spiro atoms. The lowest BCUT2D eigenvalue weighted by atomic mass is 9.69. The van der Waals surface area contributed by atoms with Crippen LogP contribution < -0.4 is 5.32 Å². The molecule has 26 heavy (non-hydrogen) atoms. The van der Waals surface area contributed by atoms with E-state index < -0.39 is 8.53 Å². The van der Waals surface area contributed by atoms with Crippen LogP contribution >= 0.6 is 8.53 Å². The van der Waals surface area contributed by atoms with Crippen molar-refractivity contribution in [2.24, 2.45) is 11.3 Å². The van der Waals surface area contributed by atoms with Gasteiger partial charge in [0.15, 0.2) is 0 Å². The quantitative estimate of drug-likeness (QED) is 0.567. The van der Waals surface area contributed by atoms with Gasteiger partial charge >= 0.3 is 0 Å². The van der Waals surface area contributed by atoms with E-state index in [-0.39, 0.29) is 16.5 Å². The second kappa shape index (κ2) is 8.74. The first-order valence-corrected chi connectivity index (χ1v) is 11.8. The summed E-state index contributed by atoms with van der Waals surface area (Å²) in [4.78, 5) is 0. The molecule has 0 aliphatic carbocycles. The Bertz CT molecular complexity index is 451. The summed E-state index contributed by atoms with van der Waals surface area (Å²) < 4.78 is 15.2. The first-order valence-electron chi connectivity index (χ1n) is 10.7. The molecule has 2 aliphatic heterocycles. The van der Waals surface area contributed by atoms with Crippen LogP contribution in [0.2, 0.25) is 0 Å². The van der Waals surface area contributed by atoms with Gasteiger partial charge in [-0.2, -0.15) is 0 Å². The highest BCUT2D eigenvalue weighted by atomic mass is 31.2. The number of piperidine rings is 1. The molecular formula is C21H43N2O2P. The van der Waals surface area contributed by atoms with Crippen LogP contribution in [-0.4, -0.2) is 41.5 Å². The molecule has 2 aliphatic rings. The lowest BCUT2D eigenvalue weighted by Crippen LogP contribution is -2.68. The van der Waals surface area contributed by atoms with Gasteiger partial charge in [-0.05, 0) is 45.4 Å². The van der Waals surface area contributed by atoms with Crippen molar-refractivity contribution in [1.82, 2.24) is 9.99 Å². The Morgan fingerprint density at radius 1 is 1.04 bits per heavy atom. The van der Waals surface area contributed by atoms with Crippen molar-refractivity contribution in [1.29, 1.82) is 0 Å². The lowest BCUT2D eigenvalue weighted by molar-refractivity contribution is -0.000732. The maximum absolute atomic E-state index is 6.31. The molecule has 2 fully saturated rings. The SMILES string of the molecule is CCCCN(C1CC(C)(CC)NC(C)(CC)C1C)P1OCC(C)(C)CO1. The standard InChI is InChI=1S/C21H43N2O2P/c1-9-12-13-23(26-24-15-19(5,6)16-25-26)18-14-20(7,10-2)22-21(8,11-3)17(18)4/h17-18,22H,9-16H2,1-8H3. The van der Waals surface area contributed by atoms with E-state index in [4.69, 9.17) is 9.05 Å². The molecule has 2 heterocycles. The zero-order valence-corrected chi connectivity index (χ0v) is 19.4. The van der Waals surface area contributed by atoms with Crippen molar-refractivity contribution in [2.75, 3.05) is 19.8 Å². The molecule has 0 aromatic carbocycles. The van der Waals surface area contributed by atoms with Crippen LogP contribution in [0.15, 0.2) is 0 Å². The van der Waals surface area contributed by atoms with Crippen LogP contribution in [0.1, 0.15) is 87.5 Å². The van der Waals surface area contributed by atoms with Crippen molar-refractivity contribution in [2.45, 2.75) is 105 Å². The third kappa shape index (κ3) is 5.00. The van der Waals surface area contributed by atoms with E-state index in [1.807, 2.05) is 0 Å². The molecule has 4 nitrogen and oxygen atoms in total. The van der Waals surface area contributed by atoms with Gasteiger partial charge in [-0.15, -0.1) is 0 Å². The van der Waals surface area contributed by atoms with Gasteiger partial charge in [0.05, 0.1) is 13.2 Å². The Morgan fingerprint density at radius 2 is 1.65 bits per heavy atom. The van der Waals surface area contributed by atoms with Crippen molar-refractivity contribution in [3.05, 3.63) is 0 Å². The Morgan fingerprint density at radius 3 is 2.15 bits per heavy atom. The highest BCUT2D eigenvalue weighted by molar-refractivity contribution is 7.44. The van der Waals surface area contributed by atoms with Gasteiger partial charge in [0.2, 0.25) is 0 Å². The third-order valence-corrected chi connectivity index (χ3v) is 8.42. The van der Waals surface area contributed by atoms with E-state index in [0.717, 1.165) is 32.6 Å². The second-order valence-electron chi connectivity index (χ2n) is 9.84. The average molecular weight is 387 g/mol. The fraction of sp³-hybridized carbons (Fsp3) is 1.00. The van der Waals surface area contributed by atoms with Crippen LogP contribution in [0.3, 0.4) is 0 Å². The summed E-state index contributed by atoms with van der Waals surface area (Å²) in [6.45, 7) is 21.3.